The number of carbonyl (C=O) groups excluding carboxylic acids is 2. The molecule has 1 N–H and O–H groups in total. The molecule has 1 saturated heterocycles. The number of nitrogens with zero attached hydrogens (tertiary/aromatic N) is 2. The number of carbonyl (C=O) groups is 2. The van der Waals surface area contributed by atoms with Crippen LogP contribution < -0.4 is 9.47 Å². The fourth-order valence-electron chi connectivity index (χ4n) is 4.99. The number of rotatable bonds is 4. The predicted octanol–water partition coefficient (Wildman–Crippen LogP) is 3.66. The maximum Gasteiger partial charge on any atom is 0.254 e. The van der Waals surface area contributed by atoms with Gasteiger partial charge in [-0.25, -0.2) is 0 Å². The maximum absolute atomic E-state index is 13.2. The van der Waals surface area contributed by atoms with Crippen molar-refractivity contribution in [1.29, 1.82) is 0 Å². The molecule has 2 amide bonds. The summed E-state index contributed by atoms with van der Waals surface area (Å²) < 4.78 is 10.6. The molecule has 172 valence electrons. The Kier molecular flexibility index (Phi) is 5.70. The highest BCUT2D eigenvalue weighted by Gasteiger charge is 2.27. The average Bonchev–Trinajstić information content (AvgIpc) is 3.25. The summed E-state index contributed by atoms with van der Waals surface area (Å²) in [4.78, 5) is 33.4. The molecular formula is C26H29N3O4. The Morgan fingerprint density at radius 3 is 2.06 bits per heavy atom. The number of aromatic nitrogens is 1. The third-order valence-corrected chi connectivity index (χ3v) is 6.83. The van der Waals surface area contributed by atoms with Gasteiger partial charge in [-0.15, -0.1) is 0 Å². The van der Waals surface area contributed by atoms with Crippen LogP contribution in [0.25, 0.3) is 10.9 Å². The number of amides is 2. The van der Waals surface area contributed by atoms with E-state index in [-0.39, 0.29) is 11.8 Å². The molecule has 0 atom stereocenters. The molecule has 7 nitrogen and oxygen atoms in total. The smallest absolute Gasteiger partial charge is 0.254 e. The van der Waals surface area contributed by atoms with E-state index < -0.39 is 0 Å². The van der Waals surface area contributed by atoms with Crippen molar-refractivity contribution in [3.05, 3.63) is 58.8 Å². The maximum atomic E-state index is 13.2. The second kappa shape index (κ2) is 8.81. The zero-order valence-electron chi connectivity index (χ0n) is 19.1. The molecule has 1 fully saturated rings. The van der Waals surface area contributed by atoms with Gasteiger partial charge < -0.3 is 24.3 Å². The zero-order valence-corrected chi connectivity index (χ0v) is 19.1. The molecule has 7 heteroatoms. The number of benzene rings is 2. The van der Waals surface area contributed by atoms with Crippen LogP contribution in [0.2, 0.25) is 0 Å². The van der Waals surface area contributed by atoms with Crippen LogP contribution in [0.4, 0.5) is 0 Å². The molecule has 5 rings (SSSR count). The standard InChI is InChI=1S/C26H29N3O4/c1-32-23-10-8-18(16-24(23)33-2)26(31)29-13-11-28(12-14-29)25(30)17-7-9-22-20(15-17)19-5-3-4-6-21(19)27-22/h7-10,15-16,27H,3-6,11-14H2,1-2H3. The van der Waals surface area contributed by atoms with Crippen LogP contribution in [-0.4, -0.2) is 67.0 Å². The van der Waals surface area contributed by atoms with Crippen LogP contribution in [-0.2, 0) is 12.8 Å². The van der Waals surface area contributed by atoms with Crippen molar-refractivity contribution in [3.63, 3.8) is 0 Å². The number of methoxy groups -OCH3 is 2. The molecule has 2 aliphatic rings. The summed E-state index contributed by atoms with van der Waals surface area (Å²) in [5.41, 5.74) is 5.08. The molecule has 1 aromatic heterocycles. The Morgan fingerprint density at radius 2 is 1.39 bits per heavy atom. The lowest BCUT2D eigenvalue weighted by molar-refractivity contribution is 0.0535. The molecule has 3 aromatic rings. The summed E-state index contributed by atoms with van der Waals surface area (Å²) >= 11 is 0. The van der Waals surface area contributed by atoms with E-state index in [9.17, 15) is 9.59 Å². The molecule has 1 aliphatic heterocycles. The van der Waals surface area contributed by atoms with Crippen molar-refractivity contribution in [2.75, 3.05) is 40.4 Å². The molecule has 0 spiro atoms. The number of hydrogen-bond acceptors (Lipinski definition) is 4. The van der Waals surface area contributed by atoms with Crippen LogP contribution in [0.3, 0.4) is 0 Å². The highest BCUT2D eigenvalue weighted by Crippen LogP contribution is 2.30. The van der Waals surface area contributed by atoms with Gasteiger partial charge in [-0.2, -0.15) is 0 Å². The SMILES string of the molecule is COc1ccc(C(=O)N2CCN(C(=O)c3ccc4[nH]c5c(c4c3)CCCC5)CC2)cc1OC. The topological polar surface area (TPSA) is 74.9 Å². The van der Waals surface area contributed by atoms with Gasteiger partial charge in [0.05, 0.1) is 14.2 Å². The third kappa shape index (κ3) is 3.92. The van der Waals surface area contributed by atoms with Gasteiger partial charge in [-0.1, -0.05) is 0 Å². The van der Waals surface area contributed by atoms with E-state index in [1.54, 1.807) is 37.3 Å². The fraction of sp³-hybridized carbons (Fsp3) is 0.385. The molecule has 0 bridgehead atoms. The number of aromatic amines is 1. The second-order valence-corrected chi connectivity index (χ2v) is 8.70. The van der Waals surface area contributed by atoms with E-state index in [1.165, 1.54) is 29.5 Å². The van der Waals surface area contributed by atoms with Gasteiger partial charge in [0, 0.05) is 53.9 Å². The van der Waals surface area contributed by atoms with Gasteiger partial charge in [0.15, 0.2) is 11.5 Å². The summed E-state index contributed by atoms with van der Waals surface area (Å²) in [5.74, 6) is 1.08. The summed E-state index contributed by atoms with van der Waals surface area (Å²) in [6.45, 7) is 2.03. The van der Waals surface area contributed by atoms with Crippen molar-refractivity contribution in [1.82, 2.24) is 14.8 Å². The van der Waals surface area contributed by atoms with Crippen LogP contribution in [0.5, 0.6) is 11.5 Å². The number of nitrogens with one attached hydrogen (secondary N) is 1. The number of fused-ring (bicyclic) bond motifs is 3. The molecule has 0 saturated carbocycles. The number of aryl methyl sites for hydroxylation is 2. The average molecular weight is 448 g/mol. The fourth-order valence-corrected chi connectivity index (χ4v) is 4.99. The largest absolute Gasteiger partial charge is 0.493 e. The summed E-state index contributed by atoms with van der Waals surface area (Å²) in [6, 6.07) is 11.2. The van der Waals surface area contributed by atoms with Gasteiger partial charge in [0.2, 0.25) is 0 Å². The van der Waals surface area contributed by atoms with Gasteiger partial charge in [-0.05, 0) is 67.6 Å². The Bertz CT molecular complexity index is 1210. The van der Waals surface area contributed by atoms with Gasteiger partial charge in [0.1, 0.15) is 0 Å². The molecule has 2 heterocycles. The van der Waals surface area contributed by atoms with E-state index in [0.717, 1.165) is 23.9 Å². The number of H-pyrrole nitrogens is 1. The van der Waals surface area contributed by atoms with E-state index in [1.807, 2.05) is 23.1 Å². The van der Waals surface area contributed by atoms with Gasteiger partial charge in [-0.3, -0.25) is 9.59 Å². The summed E-state index contributed by atoms with van der Waals surface area (Å²) in [6.07, 6.45) is 4.58. The van der Waals surface area contributed by atoms with E-state index in [0.29, 0.717) is 43.2 Å². The highest BCUT2D eigenvalue weighted by atomic mass is 16.5. The minimum absolute atomic E-state index is 0.0286. The molecule has 2 aromatic carbocycles. The van der Waals surface area contributed by atoms with Crippen LogP contribution >= 0.6 is 0 Å². The van der Waals surface area contributed by atoms with E-state index in [4.69, 9.17) is 9.47 Å². The first-order chi connectivity index (χ1) is 16.1. The summed E-state index contributed by atoms with van der Waals surface area (Å²) in [7, 11) is 3.12. The number of ether oxygens (including phenoxy) is 2. The van der Waals surface area contributed by atoms with Crippen LogP contribution in [0.1, 0.15) is 44.8 Å². The van der Waals surface area contributed by atoms with Crippen molar-refractivity contribution < 1.29 is 19.1 Å². The first-order valence-electron chi connectivity index (χ1n) is 11.5. The molecule has 0 radical (unpaired) electrons. The lowest BCUT2D eigenvalue weighted by Crippen LogP contribution is -2.50. The quantitative estimate of drug-likeness (QED) is 0.662. The highest BCUT2D eigenvalue weighted by molar-refractivity contribution is 5.99. The lowest BCUT2D eigenvalue weighted by atomic mass is 9.95. The molecular weight excluding hydrogens is 418 g/mol. The minimum Gasteiger partial charge on any atom is -0.493 e. The van der Waals surface area contributed by atoms with Crippen LogP contribution in [0, 0.1) is 0 Å². The van der Waals surface area contributed by atoms with Gasteiger partial charge in [0.25, 0.3) is 11.8 Å². The Morgan fingerprint density at radius 1 is 0.788 bits per heavy atom. The Labute approximate surface area is 193 Å². The first kappa shape index (κ1) is 21.4. The van der Waals surface area contributed by atoms with Crippen LogP contribution in [0.15, 0.2) is 36.4 Å². The van der Waals surface area contributed by atoms with E-state index >= 15 is 0 Å². The third-order valence-electron chi connectivity index (χ3n) is 6.83. The summed E-state index contributed by atoms with van der Waals surface area (Å²) in [5, 5.41) is 1.18. The van der Waals surface area contributed by atoms with Crippen molar-refractivity contribution in [2.24, 2.45) is 0 Å². The predicted molar refractivity (Wildman–Crippen MR) is 126 cm³/mol. The molecule has 0 unspecified atom stereocenters. The zero-order chi connectivity index (χ0) is 22.9. The second-order valence-electron chi connectivity index (χ2n) is 8.70. The number of piperazine rings is 1. The van der Waals surface area contributed by atoms with Crippen molar-refractivity contribution in [2.45, 2.75) is 25.7 Å². The van der Waals surface area contributed by atoms with Crippen molar-refractivity contribution >= 4 is 22.7 Å². The molecule has 1 aliphatic carbocycles. The van der Waals surface area contributed by atoms with Crippen molar-refractivity contribution in [3.8, 4) is 11.5 Å². The Hall–Kier alpha value is -3.48. The molecule has 33 heavy (non-hydrogen) atoms. The first-order valence-corrected chi connectivity index (χ1v) is 11.5. The van der Waals surface area contributed by atoms with Gasteiger partial charge >= 0.3 is 0 Å². The van der Waals surface area contributed by atoms with E-state index in [2.05, 4.69) is 4.98 Å². The normalized spacial score (nSPS) is 15.9. The number of hydrogen-bond donors (Lipinski definition) is 1. The Balaban J connectivity index is 1.27. The lowest BCUT2D eigenvalue weighted by Gasteiger charge is -2.35. The monoisotopic (exact) mass is 447 g/mol. The minimum atomic E-state index is -0.0663.